The molecular weight excluding hydrogens is 452 g/mol. The van der Waals surface area contributed by atoms with E-state index in [0.29, 0.717) is 11.1 Å². The molecule has 0 saturated heterocycles. The van der Waals surface area contributed by atoms with Crippen molar-refractivity contribution in [3.8, 4) is 22.5 Å². The van der Waals surface area contributed by atoms with Crippen LogP contribution in [0.5, 0.6) is 0 Å². The van der Waals surface area contributed by atoms with Gasteiger partial charge in [0.25, 0.3) is 0 Å². The van der Waals surface area contributed by atoms with E-state index in [2.05, 4.69) is 73.5 Å². The van der Waals surface area contributed by atoms with Crippen molar-refractivity contribution in [2.45, 2.75) is 45.7 Å². The van der Waals surface area contributed by atoms with Crippen molar-refractivity contribution in [2.75, 3.05) is 11.1 Å². The zero-order valence-corrected chi connectivity index (χ0v) is 21.6. The van der Waals surface area contributed by atoms with Gasteiger partial charge in [-0.05, 0) is 37.8 Å². The second-order valence-corrected chi connectivity index (χ2v) is 10.00. The lowest BCUT2D eigenvalue weighted by Gasteiger charge is -2.16. The summed E-state index contributed by atoms with van der Waals surface area (Å²) in [5.74, 6) is 0.427. The predicted octanol–water partition coefficient (Wildman–Crippen LogP) is 6.99. The third-order valence-electron chi connectivity index (χ3n) is 5.84. The number of amides is 1. The molecule has 178 valence electrons. The number of para-hydroxylation sites is 1. The van der Waals surface area contributed by atoms with E-state index < -0.39 is 0 Å². The highest BCUT2D eigenvalue weighted by Gasteiger charge is 2.16. The maximum absolute atomic E-state index is 12.8. The molecule has 0 aliphatic carbocycles. The van der Waals surface area contributed by atoms with E-state index in [0.717, 1.165) is 39.3 Å². The third kappa shape index (κ3) is 5.95. The minimum atomic E-state index is -0.0886. The van der Waals surface area contributed by atoms with Gasteiger partial charge in [0, 0.05) is 16.8 Å². The van der Waals surface area contributed by atoms with Gasteiger partial charge < -0.3 is 5.32 Å². The van der Waals surface area contributed by atoms with Gasteiger partial charge in [0.15, 0.2) is 0 Å². The second-order valence-electron chi connectivity index (χ2n) is 9.05. The van der Waals surface area contributed by atoms with E-state index in [4.69, 9.17) is 4.98 Å². The number of carbonyl (C=O) groups is 1. The first kappa shape index (κ1) is 24.6. The van der Waals surface area contributed by atoms with Crippen LogP contribution in [0.25, 0.3) is 22.5 Å². The minimum absolute atomic E-state index is 0.0886. The smallest absolute Gasteiger partial charge is 0.234 e. The van der Waals surface area contributed by atoms with Crippen LogP contribution < -0.4 is 5.32 Å². The predicted molar refractivity (Wildman–Crippen MR) is 145 cm³/mol. The molecule has 1 aromatic heterocycles. The molecule has 0 unspecified atom stereocenters. The number of aromatic nitrogens is 3. The van der Waals surface area contributed by atoms with Crippen LogP contribution >= 0.6 is 11.8 Å². The van der Waals surface area contributed by atoms with Crippen molar-refractivity contribution in [3.05, 3.63) is 89.0 Å². The molecule has 6 heteroatoms. The number of thioether (sulfide) groups is 1. The molecule has 1 heterocycles. The van der Waals surface area contributed by atoms with Crippen molar-refractivity contribution in [1.29, 1.82) is 0 Å². The zero-order chi connectivity index (χ0) is 24.9. The molecule has 0 aliphatic rings. The van der Waals surface area contributed by atoms with E-state index in [1.54, 1.807) is 0 Å². The Morgan fingerprint density at radius 3 is 2.03 bits per heavy atom. The zero-order valence-electron chi connectivity index (χ0n) is 20.8. The minimum Gasteiger partial charge on any atom is -0.325 e. The molecular formula is C29H30N4OS. The van der Waals surface area contributed by atoms with Gasteiger partial charge in [-0.1, -0.05) is 103 Å². The summed E-state index contributed by atoms with van der Waals surface area (Å²) >= 11 is 1.29. The molecule has 1 N–H and O–H groups in total. The first-order chi connectivity index (χ1) is 16.8. The van der Waals surface area contributed by atoms with Gasteiger partial charge >= 0.3 is 0 Å². The van der Waals surface area contributed by atoms with Gasteiger partial charge in [-0.15, -0.1) is 10.2 Å². The molecule has 35 heavy (non-hydrogen) atoms. The summed E-state index contributed by atoms with van der Waals surface area (Å²) in [5, 5.41) is 12.4. The summed E-state index contributed by atoms with van der Waals surface area (Å²) in [4.78, 5) is 17.6. The Kier molecular flexibility index (Phi) is 7.61. The van der Waals surface area contributed by atoms with Crippen LogP contribution in [0.3, 0.4) is 0 Å². The topological polar surface area (TPSA) is 67.8 Å². The summed E-state index contributed by atoms with van der Waals surface area (Å²) in [7, 11) is 0. The number of carbonyl (C=O) groups excluding carboxylic acids is 1. The lowest BCUT2D eigenvalue weighted by atomic mass is 9.98. The SMILES string of the molecule is Cc1ccc(-c2nnc(SCC(=O)Nc3c(C)cccc3C(C)C)nc2-c2ccc(C)cc2)cc1. The lowest BCUT2D eigenvalue weighted by molar-refractivity contribution is -0.113. The summed E-state index contributed by atoms with van der Waals surface area (Å²) < 4.78 is 0. The highest BCUT2D eigenvalue weighted by atomic mass is 32.2. The van der Waals surface area contributed by atoms with Gasteiger partial charge in [0.2, 0.25) is 11.1 Å². The normalized spacial score (nSPS) is 11.0. The van der Waals surface area contributed by atoms with Crippen molar-refractivity contribution in [3.63, 3.8) is 0 Å². The molecule has 0 bridgehead atoms. The van der Waals surface area contributed by atoms with Gasteiger partial charge in [-0.2, -0.15) is 0 Å². The fourth-order valence-electron chi connectivity index (χ4n) is 3.84. The Labute approximate surface area is 211 Å². The van der Waals surface area contributed by atoms with E-state index in [9.17, 15) is 4.79 Å². The van der Waals surface area contributed by atoms with Crippen LogP contribution in [0.15, 0.2) is 71.9 Å². The molecule has 0 aliphatic heterocycles. The van der Waals surface area contributed by atoms with E-state index >= 15 is 0 Å². The largest absolute Gasteiger partial charge is 0.325 e. The Balaban J connectivity index is 1.58. The summed E-state index contributed by atoms with van der Waals surface area (Å²) in [6, 6.07) is 22.5. The molecule has 3 aromatic carbocycles. The first-order valence-electron chi connectivity index (χ1n) is 11.7. The van der Waals surface area contributed by atoms with Crippen LogP contribution in [0.4, 0.5) is 5.69 Å². The van der Waals surface area contributed by atoms with Crippen LogP contribution in [0, 0.1) is 20.8 Å². The van der Waals surface area contributed by atoms with Crippen molar-refractivity contribution >= 4 is 23.4 Å². The maximum atomic E-state index is 12.8. The summed E-state index contributed by atoms with van der Waals surface area (Å²) in [6.07, 6.45) is 0. The standard InChI is InChI=1S/C29H30N4OS/c1-18(2)24-8-6-7-21(5)26(24)30-25(34)17-35-29-31-27(22-13-9-19(3)10-14-22)28(32-33-29)23-15-11-20(4)12-16-23/h6-16,18H,17H2,1-5H3,(H,30,34). The van der Waals surface area contributed by atoms with Crippen LogP contribution in [0.1, 0.15) is 42.0 Å². The van der Waals surface area contributed by atoms with Gasteiger partial charge in [0.1, 0.15) is 11.4 Å². The highest BCUT2D eigenvalue weighted by Crippen LogP contribution is 2.31. The average Bonchev–Trinajstić information content (AvgIpc) is 2.85. The molecule has 1 amide bonds. The van der Waals surface area contributed by atoms with Gasteiger partial charge in [-0.25, -0.2) is 4.98 Å². The van der Waals surface area contributed by atoms with Crippen LogP contribution in [0.2, 0.25) is 0 Å². The van der Waals surface area contributed by atoms with Crippen LogP contribution in [-0.2, 0) is 4.79 Å². The number of rotatable bonds is 7. The number of hydrogen-bond donors (Lipinski definition) is 1. The van der Waals surface area contributed by atoms with Crippen molar-refractivity contribution in [1.82, 2.24) is 15.2 Å². The summed E-state index contributed by atoms with van der Waals surface area (Å²) in [6.45, 7) is 10.4. The molecule has 5 nitrogen and oxygen atoms in total. The Bertz CT molecular complexity index is 1330. The molecule has 0 fully saturated rings. The Morgan fingerprint density at radius 1 is 0.829 bits per heavy atom. The lowest BCUT2D eigenvalue weighted by Crippen LogP contribution is -2.17. The molecule has 4 rings (SSSR count). The number of aryl methyl sites for hydroxylation is 3. The maximum Gasteiger partial charge on any atom is 0.234 e. The fourth-order valence-corrected chi connectivity index (χ4v) is 4.43. The quantitative estimate of drug-likeness (QED) is 0.288. The van der Waals surface area contributed by atoms with Crippen LogP contribution in [-0.4, -0.2) is 26.8 Å². The summed E-state index contributed by atoms with van der Waals surface area (Å²) in [5.41, 5.74) is 8.84. The molecule has 0 radical (unpaired) electrons. The number of hydrogen-bond acceptors (Lipinski definition) is 5. The molecule has 4 aromatic rings. The Morgan fingerprint density at radius 2 is 1.43 bits per heavy atom. The molecule has 0 saturated carbocycles. The number of anilines is 1. The number of nitrogens with one attached hydrogen (secondary N) is 1. The highest BCUT2D eigenvalue weighted by molar-refractivity contribution is 7.99. The van der Waals surface area contributed by atoms with Crippen molar-refractivity contribution < 1.29 is 4.79 Å². The second kappa shape index (κ2) is 10.8. The number of nitrogens with zero attached hydrogens (tertiary/aromatic N) is 3. The first-order valence-corrected chi connectivity index (χ1v) is 12.7. The van der Waals surface area contributed by atoms with Gasteiger partial charge in [-0.3, -0.25) is 4.79 Å². The third-order valence-corrected chi connectivity index (χ3v) is 6.68. The number of benzene rings is 3. The molecule has 0 atom stereocenters. The van der Waals surface area contributed by atoms with E-state index in [1.807, 2.05) is 43.3 Å². The monoisotopic (exact) mass is 482 g/mol. The fraction of sp³-hybridized carbons (Fsp3) is 0.241. The van der Waals surface area contributed by atoms with Crippen molar-refractivity contribution in [2.24, 2.45) is 0 Å². The Hall–Kier alpha value is -3.51. The average molecular weight is 483 g/mol. The van der Waals surface area contributed by atoms with Gasteiger partial charge in [0.05, 0.1) is 5.75 Å². The van der Waals surface area contributed by atoms with E-state index in [1.165, 1.54) is 22.9 Å². The van der Waals surface area contributed by atoms with E-state index in [-0.39, 0.29) is 11.7 Å². The molecule has 0 spiro atoms.